The molecule has 1 atom stereocenters. The maximum Gasteiger partial charge on any atom is 0.227 e. The first kappa shape index (κ1) is 19.6. The molecule has 2 heterocycles. The van der Waals surface area contributed by atoms with Gasteiger partial charge in [0.2, 0.25) is 11.8 Å². The van der Waals surface area contributed by atoms with Gasteiger partial charge in [0.1, 0.15) is 0 Å². The van der Waals surface area contributed by atoms with E-state index in [-0.39, 0.29) is 24.2 Å². The second kappa shape index (κ2) is 8.33. The van der Waals surface area contributed by atoms with Crippen molar-refractivity contribution in [1.82, 2.24) is 10.3 Å². The molecule has 150 valence electrons. The van der Waals surface area contributed by atoms with Gasteiger partial charge < -0.3 is 10.2 Å². The van der Waals surface area contributed by atoms with E-state index < -0.39 is 0 Å². The van der Waals surface area contributed by atoms with E-state index in [1.54, 1.807) is 16.2 Å². The highest BCUT2D eigenvalue weighted by atomic mass is 32.1. The van der Waals surface area contributed by atoms with Gasteiger partial charge in [0, 0.05) is 31.6 Å². The van der Waals surface area contributed by atoms with Crippen molar-refractivity contribution in [3.63, 3.8) is 0 Å². The van der Waals surface area contributed by atoms with E-state index in [1.807, 2.05) is 50.2 Å². The Bertz CT molecular complexity index is 1030. The van der Waals surface area contributed by atoms with Gasteiger partial charge in [-0.05, 0) is 49.6 Å². The summed E-state index contributed by atoms with van der Waals surface area (Å²) >= 11 is 1.71. The summed E-state index contributed by atoms with van der Waals surface area (Å²) in [5.74, 6) is -0.298. The van der Waals surface area contributed by atoms with E-state index in [9.17, 15) is 9.59 Å². The Balaban J connectivity index is 1.29. The van der Waals surface area contributed by atoms with Crippen LogP contribution in [0.2, 0.25) is 0 Å². The lowest BCUT2D eigenvalue weighted by molar-refractivity contribution is -0.126. The second-order valence-electron chi connectivity index (χ2n) is 7.59. The van der Waals surface area contributed by atoms with Crippen molar-refractivity contribution in [2.45, 2.75) is 33.1 Å². The van der Waals surface area contributed by atoms with Crippen LogP contribution < -0.4 is 10.2 Å². The minimum Gasteiger partial charge on any atom is -0.356 e. The van der Waals surface area contributed by atoms with E-state index >= 15 is 0 Å². The van der Waals surface area contributed by atoms with Crippen LogP contribution in [0.25, 0.3) is 10.2 Å². The molecule has 1 aliphatic heterocycles. The largest absolute Gasteiger partial charge is 0.356 e. The number of nitrogens with one attached hydrogen (secondary N) is 1. The highest BCUT2D eigenvalue weighted by Gasteiger charge is 2.35. The van der Waals surface area contributed by atoms with E-state index in [0.717, 1.165) is 40.2 Å². The molecular weight excluding hydrogens is 382 g/mol. The molecule has 0 spiro atoms. The van der Waals surface area contributed by atoms with Crippen molar-refractivity contribution in [2.24, 2.45) is 5.92 Å². The maximum atomic E-state index is 12.6. The number of hydrogen-bond acceptors (Lipinski definition) is 4. The normalized spacial score (nSPS) is 16.6. The zero-order chi connectivity index (χ0) is 20.4. The highest BCUT2D eigenvalue weighted by molar-refractivity contribution is 7.18. The number of rotatable bonds is 6. The highest BCUT2D eigenvalue weighted by Crippen LogP contribution is 2.29. The smallest absolute Gasteiger partial charge is 0.227 e. The molecule has 0 aliphatic carbocycles. The summed E-state index contributed by atoms with van der Waals surface area (Å²) in [6.07, 6.45) is 1.96. The minimum atomic E-state index is -0.287. The number of hydrogen-bond donors (Lipinski definition) is 1. The van der Waals surface area contributed by atoms with Crippen molar-refractivity contribution in [3.05, 3.63) is 58.6 Å². The van der Waals surface area contributed by atoms with E-state index in [2.05, 4.69) is 16.4 Å². The fourth-order valence-corrected chi connectivity index (χ4v) is 4.78. The predicted octanol–water partition coefficient (Wildman–Crippen LogP) is 4.02. The van der Waals surface area contributed by atoms with E-state index in [1.165, 1.54) is 4.70 Å². The molecule has 1 unspecified atom stereocenters. The Morgan fingerprint density at radius 3 is 2.86 bits per heavy atom. The molecule has 2 aromatic carbocycles. The second-order valence-corrected chi connectivity index (χ2v) is 8.71. The lowest BCUT2D eigenvalue weighted by Crippen LogP contribution is -2.33. The quantitative estimate of drug-likeness (QED) is 0.628. The molecule has 1 aliphatic rings. The molecule has 3 aromatic rings. The monoisotopic (exact) mass is 407 g/mol. The van der Waals surface area contributed by atoms with Crippen molar-refractivity contribution in [1.29, 1.82) is 0 Å². The number of amides is 2. The Hall–Kier alpha value is -2.73. The molecule has 5 nitrogen and oxygen atoms in total. The molecule has 1 aromatic heterocycles. The Morgan fingerprint density at radius 2 is 2.03 bits per heavy atom. The van der Waals surface area contributed by atoms with Gasteiger partial charge in [-0.3, -0.25) is 9.59 Å². The average Bonchev–Trinajstić information content (AvgIpc) is 3.30. The summed E-state index contributed by atoms with van der Waals surface area (Å²) in [5, 5.41) is 4.10. The van der Waals surface area contributed by atoms with Gasteiger partial charge in [-0.2, -0.15) is 0 Å². The van der Waals surface area contributed by atoms with Gasteiger partial charge in [-0.25, -0.2) is 4.98 Å². The third kappa shape index (κ3) is 4.17. The standard InChI is InChI=1S/C23H25N3O2S/c1-15-7-5-9-19(16(15)2)26-14-17(13-22(26)27)23(28)24-12-6-11-21-25-18-8-3-4-10-20(18)29-21/h3-5,7-10,17H,6,11-14H2,1-2H3,(H,24,28). The number of benzene rings is 2. The van der Waals surface area contributed by atoms with Crippen LogP contribution in [0.15, 0.2) is 42.5 Å². The predicted molar refractivity (Wildman–Crippen MR) is 117 cm³/mol. The van der Waals surface area contributed by atoms with Crippen molar-refractivity contribution in [2.75, 3.05) is 18.0 Å². The van der Waals surface area contributed by atoms with Crippen LogP contribution in [-0.2, 0) is 16.0 Å². The summed E-state index contributed by atoms with van der Waals surface area (Å²) < 4.78 is 1.20. The molecule has 0 radical (unpaired) electrons. The number of thiazole rings is 1. The van der Waals surface area contributed by atoms with Crippen LogP contribution in [0, 0.1) is 19.8 Å². The third-order valence-electron chi connectivity index (χ3n) is 5.57. The Labute approximate surface area is 174 Å². The van der Waals surface area contributed by atoms with Crippen LogP contribution in [-0.4, -0.2) is 29.9 Å². The number of fused-ring (bicyclic) bond motifs is 1. The first-order valence-electron chi connectivity index (χ1n) is 10.0. The van der Waals surface area contributed by atoms with Crippen molar-refractivity contribution >= 4 is 39.1 Å². The van der Waals surface area contributed by atoms with E-state index in [4.69, 9.17) is 0 Å². The Kier molecular flexibility index (Phi) is 5.62. The van der Waals surface area contributed by atoms with E-state index in [0.29, 0.717) is 13.1 Å². The zero-order valence-corrected chi connectivity index (χ0v) is 17.6. The lowest BCUT2D eigenvalue weighted by atomic mass is 10.1. The number of carbonyl (C=O) groups excluding carboxylic acids is 2. The first-order chi connectivity index (χ1) is 14.0. The van der Waals surface area contributed by atoms with Crippen LogP contribution >= 0.6 is 11.3 Å². The van der Waals surface area contributed by atoms with Gasteiger partial charge in [0.05, 0.1) is 21.1 Å². The number of nitrogens with zero attached hydrogens (tertiary/aromatic N) is 2. The fourth-order valence-electron chi connectivity index (χ4n) is 3.77. The van der Waals surface area contributed by atoms with Crippen LogP contribution in [0.5, 0.6) is 0 Å². The van der Waals surface area contributed by atoms with Gasteiger partial charge in [-0.15, -0.1) is 11.3 Å². The van der Waals surface area contributed by atoms with Crippen LogP contribution in [0.1, 0.15) is 29.0 Å². The number of carbonyl (C=O) groups is 2. The molecule has 1 fully saturated rings. The zero-order valence-electron chi connectivity index (χ0n) is 16.8. The van der Waals surface area contributed by atoms with Gasteiger partial charge in [0.15, 0.2) is 0 Å². The molecule has 6 heteroatoms. The number of para-hydroxylation sites is 1. The minimum absolute atomic E-state index is 0.0216. The number of anilines is 1. The summed E-state index contributed by atoms with van der Waals surface area (Å²) in [6, 6.07) is 14.1. The molecule has 1 N–H and O–H groups in total. The topological polar surface area (TPSA) is 62.3 Å². The molecule has 4 rings (SSSR count). The summed E-state index contributed by atoms with van der Waals surface area (Å²) in [7, 11) is 0. The third-order valence-corrected chi connectivity index (χ3v) is 6.66. The molecular formula is C23H25N3O2S. The van der Waals surface area contributed by atoms with Crippen molar-refractivity contribution < 1.29 is 9.59 Å². The van der Waals surface area contributed by atoms with Gasteiger partial charge in [0.25, 0.3) is 0 Å². The van der Waals surface area contributed by atoms with Crippen LogP contribution in [0.3, 0.4) is 0 Å². The molecule has 1 saturated heterocycles. The molecule has 29 heavy (non-hydrogen) atoms. The fraction of sp³-hybridized carbons (Fsp3) is 0.348. The SMILES string of the molecule is Cc1cccc(N2CC(C(=O)NCCCc3nc4ccccc4s3)CC2=O)c1C. The molecule has 2 amide bonds. The maximum absolute atomic E-state index is 12.6. The number of aromatic nitrogens is 1. The number of aryl methyl sites for hydroxylation is 2. The molecule has 0 bridgehead atoms. The summed E-state index contributed by atoms with van der Waals surface area (Å²) in [4.78, 5) is 31.4. The van der Waals surface area contributed by atoms with Crippen LogP contribution in [0.4, 0.5) is 5.69 Å². The first-order valence-corrected chi connectivity index (χ1v) is 10.8. The average molecular weight is 408 g/mol. The molecule has 0 saturated carbocycles. The van der Waals surface area contributed by atoms with Crippen molar-refractivity contribution in [3.8, 4) is 0 Å². The summed E-state index contributed by atoms with van der Waals surface area (Å²) in [5.41, 5.74) is 4.20. The van der Waals surface area contributed by atoms with Gasteiger partial charge in [-0.1, -0.05) is 24.3 Å². The van der Waals surface area contributed by atoms with Gasteiger partial charge >= 0.3 is 0 Å². The summed E-state index contributed by atoms with van der Waals surface area (Å²) in [6.45, 7) is 5.11. The Morgan fingerprint density at radius 1 is 1.21 bits per heavy atom. The lowest BCUT2D eigenvalue weighted by Gasteiger charge is -2.20.